The molecule has 1 unspecified atom stereocenters. The van der Waals surface area contributed by atoms with Gasteiger partial charge in [0, 0.05) is 26.1 Å². The minimum atomic E-state index is -0.416. The molecule has 1 saturated heterocycles. The minimum absolute atomic E-state index is 0.0127. The molecule has 0 saturated carbocycles. The van der Waals surface area contributed by atoms with E-state index in [1.807, 2.05) is 0 Å². The summed E-state index contributed by atoms with van der Waals surface area (Å²) in [4.78, 5) is 25.0. The maximum atomic E-state index is 12.2. The molecular weight excluding hydrogens is 230 g/mol. The van der Waals surface area contributed by atoms with Crippen molar-refractivity contribution in [2.75, 3.05) is 13.1 Å². The number of piperidine rings is 1. The van der Waals surface area contributed by atoms with Crippen LogP contribution in [-0.4, -0.2) is 41.9 Å². The van der Waals surface area contributed by atoms with Crippen molar-refractivity contribution >= 4 is 11.8 Å². The Kier molecular flexibility index (Phi) is 5.59. The van der Waals surface area contributed by atoms with E-state index in [1.54, 1.807) is 4.90 Å². The molecule has 1 aliphatic rings. The van der Waals surface area contributed by atoms with Crippen LogP contribution in [0.4, 0.5) is 0 Å². The summed E-state index contributed by atoms with van der Waals surface area (Å²) in [7, 11) is 0. The van der Waals surface area contributed by atoms with Gasteiger partial charge >= 0.3 is 0 Å². The van der Waals surface area contributed by atoms with Crippen molar-refractivity contribution in [2.24, 2.45) is 11.7 Å². The van der Waals surface area contributed by atoms with E-state index in [9.17, 15) is 9.59 Å². The zero-order chi connectivity index (χ0) is 13.7. The molecule has 104 valence electrons. The topological polar surface area (TPSA) is 75.4 Å². The van der Waals surface area contributed by atoms with Crippen molar-refractivity contribution in [1.29, 1.82) is 0 Å². The third-order valence-electron chi connectivity index (χ3n) is 3.18. The number of likely N-dealkylation sites (tertiary alicyclic amines) is 1. The lowest BCUT2D eigenvalue weighted by Gasteiger charge is -2.34. The van der Waals surface area contributed by atoms with Gasteiger partial charge in [-0.1, -0.05) is 13.8 Å². The third kappa shape index (κ3) is 4.64. The highest BCUT2D eigenvalue weighted by Crippen LogP contribution is 2.13. The molecular formula is C13H25N3O2. The Labute approximate surface area is 109 Å². The molecule has 5 heteroatoms. The van der Waals surface area contributed by atoms with E-state index in [0.717, 1.165) is 19.4 Å². The molecule has 3 N–H and O–H groups in total. The first-order chi connectivity index (χ1) is 8.40. The molecule has 0 aromatic heterocycles. The summed E-state index contributed by atoms with van der Waals surface area (Å²) in [6.07, 6.45) is 2.56. The number of nitrogens with one attached hydrogen (secondary N) is 1. The molecule has 2 amide bonds. The van der Waals surface area contributed by atoms with Gasteiger partial charge in [0.1, 0.15) is 0 Å². The van der Waals surface area contributed by atoms with E-state index < -0.39 is 6.04 Å². The fraction of sp³-hybridized carbons (Fsp3) is 0.846. The van der Waals surface area contributed by atoms with Crippen molar-refractivity contribution in [3.05, 3.63) is 0 Å². The van der Waals surface area contributed by atoms with Gasteiger partial charge in [0.25, 0.3) is 0 Å². The van der Waals surface area contributed by atoms with E-state index in [1.165, 1.54) is 6.92 Å². The lowest BCUT2D eigenvalue weighted by molar-refractivity contribution is -0.135. The van der Waals surface area contributed by atoms with Crippen molar-refractivity contribution in [2.45, 2.75) is 52.1 Å². The van der Waals surface area contributed by atoms with E-state index >= 15 is 0 Å². The standard InChI is InChI=1S/C13H25N3O2/c1-9(2)7-12(14)13(18)16-6-4-5-11(8-16)15-10(3)17/h9,11-12H,4-8,14H2,1-3H3,(H,15,17)/t11?,12-/m0/s1. The SMILES string of the molecule is CC(=O)NC1CCCN(C(=O)[C@@H](N)CC(C)C)C1. The summed E-state index contributed by atoms with van der Waals surface area (Å²) in [6, 6.07) is -0.340. The average Bonchev–Trinajstić information content (AvgIpc) is 2.26. The summed E-state index contributed by atoms with van der Waals surface area (Å²) in [5.41, 5.74) is 5.92. The molecule has 0 spiro atoms. The van der Waals surface area contributed by atoms with Gasteiger partial charge in [-0.05, 0) is 25.2 Å². The van der Waals surface area contributed by atoms with Crippen LogP contribution in [0.25, 0.3) is 0 Å². The Hall–Kier alpha value is -1.10. The van der Waals surface area contributed by atoms with Crippen LogP contribution in [0, 0.1) is 5.92 Å². The summed E-state index contributed by atoms with van der Waals surface area (Å²) < 4.78 is 0. The number of rotatable bonds is 4. The van der Waals surface area contributed by atoms with E-state index in [2.05, 4.69) is 19.2 Å². The molecule has 0 bridgehead atoms. The highest BCUT2D eigenvalue weighted by molar-refractivity contribution is 5.82. The largest absolute Gasteiger partial charge is 0.352 e. The van der Waals surface area contributed by atoms with Gasteiger partial charge in [-0.15, -0.1) is 0 Å². The van der Waals surface area contributed by atoms with Gasteiger partial charge in [0.15, 0.2) is 0 Å². The molecule has 18 heavy (non-hydrogen) atoms. The van der Waals surface area contributed by atoms with E-state index in [-0.39, 0.29) is 17.9 Å². The second-order valence-corrected chi connectivity index (χ2v) is 5.56. The Balaban J connectivity index is 2.49. The summed E-state index contributed by atoms with van der Waals surface area (Å²) in [6.45, 7) is 6.96. The number of carbonyl (C=O) groups excluding carboxylic acids is 2. The first-order valence-corrected chi connectivity index (χ1v) is 6.71. The van der Waals surface area contributed by atoms with Gasteiger partial charge in [-0.2, -0.15) is 0 Å². The molecule has 0 aromatic carbocycles. The van der Waals surface area contributed by atoms with Crippen LogP contribution >= 0.6 is 0 Å². The Morgan fingerprint density at radius 1 is 1.44 bits per heavy atom. The van der Waals surface area contributed by atoms with Crippen molar-refractivity contribution in [3.63, 3.8) is 0 Å². The quantitative estimate of drug-likeness (QED) is 0.767. The van der Waals surface area contributed by atoms with Gasteiger partial charge in [0.05, 0.1) is 6.04 Å². The maximum absolute atomic E-state index is 12.2. The second kappa shape index (κ2) is 6.73. The summed E-state index contributed by atoms with van der Waals surface area (Å²) in [5, 5.41) is 2.87. The van der Waals surface area contributed by atoms with Crippen molar-refractivity contribution in [3.8, 4) is 0 Å². The van der Waals surface area contributed by atoms with Crippen molar-refractivity contribution < 1.29 is 9.59 Å². The van der Waals surface area contributed by atoms with Crippen LogP contribution in [0.15, 0.2) is 0 Å². The van der Waals surface area contributed by atoms with Crippen LogP contribution < -0.4 is 11.1 Å². The normalized spacial score (nSPS) is 21.8. The van der Waals surface area contributed by atoms with Gasteiger partial charge in [0.2, 0.25) is 11.8 Å². The van der Waals surface area contributed by atoms with Crippen LogP contribution in [0.1, 0.15) is 40.0 Å². The molecule has 0 aliphatic carbocycles. The average molecular weight is 255 g/mol. The van der Waals surface area contributed by atoms with Gasteiger partial charge in [-0.3, -0.25) is 9.59 Å². The van der Waals surface area contributed by atoms with E-state index in [0.29, 0.717) is 18.9 Å². The van der Waals surface area contributed by atoms with Crippen LogP contribution in [0.5, 0.6) is 0 Å². The highest BCUT2D eigenvalue weighted by atomic mass is 16.2. The molecule has 0 aromatic rings. The number of nitrogens with two attached hydrogens (primary N) is 1. The lowest BCUT2D eigenvalue weighted by atomic mass is 10.0. The first-order valence-electron chi connectivity index (χ1n) is 6.71. The maximum Gasteiger partial charge on any atom is 0.239 e. The van der Waals surface area contributed by atoms with Crippen LogP contribution in [0.2, 0.25) is 0 Å². The smallest absolute Gasteiger partial charge is 0.239 e. The number of hydrogen-bond donors (Lipinski definition) is 2. The van der Waals surface area contributed by atoms with Crippen molar-refractivity contribution in [1.82, 2.24) is 10.2 Å². The fourth-order valence-electron chi connectivity index (χ4n) is 2.43. The number of amides is 2. The van der Waals surface area contributed by atoms with Gasteiger partial charge < -0.3 is 16.0 Å². The molecule has 1 rings (SSSR count). The molecule has 2 atom stereocenters. The van der Waals surface area contributed by atoms with Crippen LogP contribution in [-0.2, 0) is 9.59 Å². The predicted molar refractivity (Wildman–Crippen MR) is 70.8 cm³/mol. The predicted octanol–water partition coefficient (Wildman–Crippen LogP) is 0.487. The molecule has 1 aliphatic heterocycles. The molecule has 1 heterocycles. The Morgan fingerprint density at radius 2 is 2.11 bits per heavy atom. The highest BCUT2D eigenvalue weighted by Gasteiger charge is 2.27. The first kappa shape index (κ1) is 15.0. The lowest BCUT2D eigenvalue weighted by Crippen LogP contribution is -2.53. The third-order valence-corrected chi connectivity index (χ3v) is 3.18. The minimum Gasteiger partial charge on any atom is -0.352 e. The van der Waals surface area contributed by atoms with E-state index in [4.69, 9.17) is 5.73 Å². The number of carbonyl (C=O) groups is 2. The van der Waals surface area contributed by atoms with Crippen LogP contribution in [0.3, 0.4) is 0 Å². The van der Waals surface area contributed by atoms with Gasteiger partial charge in [-0.25, -0.2) is 0 Å². The fourth-order valence-corrected chi connectivity index (χ4v) is 2.43. The number of nitrogens with zero attached hydrogens (tertiary/aromatic N) is 1. The number of hydrogen-bond acceptors (Lipinski definition) is 3. The Morgan fingerprint density at radius 3 is 2.67 bits per heavy atom. The Bertz CT molecular complexity index is 305. The molecule has 1 fully saturated rings. The summed E-state index contributed by atoms with van der Waals surface area (Å²) in [5.74, 6) is 0.388. The zero-order valence-electron chi connectivity index (χ0n) is 11.6. The second-order valence-electron chi connectivity index (χ2n) is 5.56. The zero-order valence-corrected chi connectivity index (χ0v) is 11.6. The molecule has 0 radical (unpaired) electrons. The molecule has 5 nitrogen and oxygen atoms in total. The summed E-state index contributed by atoms with van der Waals surface area (Å²) >= 11 is 0. The monoisotopic (exact) mass is 255 g/mol.